The molecule has 0 radical (unpaired) electrons. The summed E-state index contributed by atoms with van der Waals surface area (Å²) in [4.78, 5) is 40.9. The molecule has 0 aliphatic carbocycles. The Bertz CT molecular complexity index is 1900. The SMILES string of the molecule is Cc1cn2cccc(OCc3c(Cl)ccc(S(=O)(=O)N4CCC[C@H]4C(=O)NCCCNC(=O)c4ccc(C(N)=O)cc4)c3Cl)c2n1. The summed E-state index contributed by atoms with van der Waals surface area (Å²) in [6, 6.07) is 11.3. The molecule has 0 unspecified atom stereocenters. The normalized spacial score (nSPS) is 15.2. The summed E-state index contributed by atoms with van der Waals surface area (Å²) >= 11 is 13.1. The highest BCUT2D eigenvalue weighted by Crippen LogP contribution is 2.36. The minimum absolute atomic E-state index is 0.0787. The van der Waals surface area contributed by atoms with Crippen LogP contribution >= 0.6 is 23.2 Å². The predicted octanol–water partition coefficient (Wildman–Crippen LogP) is 3.72. The van der Waals surface area contributed by atoms with Gasteiger partial charge in [-0.05, 0) is 74.7 Å². The molecule has 2 aromatic heterocycles. The average molecular weight is 688 g/mol. The first kappa shape index (κ1) is 33.2. The number of carbonyl (C=O) groups is 3. The Morgan fingerprint density at radius 3 is 2.50 bits per heavy atom. The third-order valence-corrected chi connectivity index (χ3v) is 10.4. The van der Waals surface area contributed by atoms with Crippen LogP contribution in [-0.2, 0) is 21.4 Å². The van der Waals surface area contributed by atoms with Gasteiger partial charge in [-0.25, -0.2) is 13.4 Å². The van der Waals surface area contributed by atoms with Crippen LogP contribution < -0.4 is 21.1 Å². The smallest absolute Gasteiger partial charge is 0.251 e. The number of primary amides is 1. The van der Waals surface area contributed by atoms with Crippen molar-refractivity contribution in [1.29, 1.82) is 0 Å². The van der Waals surface area contributed by atoms with E-state index in [2.05, 4.69) is 15.6 Å². The number of ether oxygens (including phenoxy) is 1. The monoisotopic (exact) mass is 686 g/mol. The molecule has 3 amide bonds. The van der Waals surface area contributed by atoms with Gasteiger partial charge in [-0.2, -0.15) is 4.31 Å². The fourth-order valence-corrected chi connectivity index (χ4v) is 7.72. The Labute approximate surface area is 275 Å². The van der Waals surface area contributed by atoms with Crippen LogP contribution in [0, 0.1) is 6.92 Å². The number of rotatable bonds is 12. The largest absolute Gasteiger partial charge is 0.485 e. The van der Waals surface area contributed by atoms with Gasteiger partial charge in [-0.1, -0.05) is 23.2 Å². The number of sulfonamides is 1. The number of hydrogen-bond donors (Lipinski definition) is 3. The molecule has 0 spiro atoms. The molecule has 0 saturated carbocycles. The number of nitrogens with two attached hydrogens (primary N) is 1. The number of nitrogens with one attached hydrogen (secondary N) is 2. The Balaban J connectivity index is 1.19. The van der Waals surface area contributed by atoms with Crippen LogP contribution in [0.1, 0.15) is 51.2 Å². The van der Waals surface area contributed by atoms with E-state index in [1.807, 2.05) is 23.7 Å². The molecule has 46 heavy (non-hydrogen) atoms. The van der Waals surface area contributed by atoms with Gasteiger partial charge in [-0.3, -0.25) is 14.4 Å². The van der Waals surface area contributed by atoms with Crippen molar-refractivity contribution >= 4 is 56.6 Å². The van der Waals surface area contributed by atoms with Gasteiger partial charge in [0.25, 0.3) is 5.91 Å². The van der Waals surface area contributed by atoms with Crippen molar-refractivity contribution in [2.24, 2.45) is 5.73 Å². The number of aryl methyl sites for hydroxylation is 1. The highest BCUT2D eigenvalue weighted by Gasteiger charge is 2.40. The van der Waals surface area contributed by atoms with E-state index in [1.54, 1.807) is 12.1 Å². The molecule has 4 aromatic rings. The number of carbonyl (C=O) groups excluding carboxylic acids is 3. The summed E-state index contributed by atoms with van der Waals surface area (Å²) in [6.45, 7) is 2.39. The molecule has 3 heterocycles. The van der Waals surface area contributed by atoms with Crippen molar-refractivity contribution < 1.29 is 27.5 Å². The Morgan fingerprint density at radius 2 is 1.76 bits per heavy atom. The number of imidazole rings is 1. The Kier molecular flexibility index (Phi) is 10.2. The molecule has 1 aliphatic rings. The fourth-order valence-electron chi connectivity index (χ4n) is 5.20. The number of hydrogen-bond acceptors (Lipinski definition) is 7. The topological polar surface area (TPSA) is 165 Å². The first-order valence-electron chi connectivity index (χ1n) is 14.5. The zero-order valence-electron chi connectivity index (χ0n) is 24.8. The zero-order chi connectivity index (χ0) is 33.0. The van der Waals surface area contributed by atoms with Gasteiger partial charge in [-0.15, -0.1) is 0 Å². The number of benzene rings is 2. The third kappa shape index (κ3) is 7.12. The van der Waals surface area contributed by atoms with Gasteiger partial charge in [0.1, 0.15) is 17.5 Å². The van der Waals surface area contributed by atoms with Crippen LogP contribution in [0.3, 0.4) is 0 Å². The Hall–Kier alpha value is -4.17. The molecule has 15 heteroatoms. The molecule has 1 fully saturated rings. The van der Waals surface area contributed by atoms with E-state index in [1.165, 1.54) is 36.4 Å². The standard InChI is InChI=1S/C31H32Cl2N6O6S/c1-19-17-38-15-3-6-25(29(38)37-19)45-18-22-23(32)11-12-26(27(22)33)46(43,44)39-16-2-5-24(39)31(42)36-14-4-13-35-30(41)21-9-7-20(8-10-21)28(34)40/h3,6-12,15,17,24H,2,4-5,13-14,16,18H2,1H3,(H2,34,40)(H,35,41)(H,36,42)/t24-/m0/s1. The van der Waals surface area contributed by atoms with Crippen molar-refractivity contribution in [3.05, 3.63) is 93.4 Å². The molecule has 1 saturated heterocycles. The lowest BCUT2D eigenvalue weighted by Crippen LogP contribution is -2.46. The number of nitrogens with zero attached hydrogens (tertiary/aromatic N) is 3. The van der Waals surface area contributed by atoms with E-state index in [-0.39, 0.29) is 47.1 Å². The molecule has 242 valence electrons. The van der Waals surface area contributed by atoms with Crippen molar-refractivity contribution in [2.45, 2.75) is 43.7 Å². The molecule has 0 bridgehead atoms. The van der Waals surface area contributed by atoms with Gasteiger partial charge in [0.05, 0.1) is 10.7 Å². The Morgan fingerprint density at radius 1 is 1.04 bits per heavy atom. The lowest BCUT2D eigenvalue weighted by molar-refractivity contribution is -0.124. The van der Waals surface area contributed by atoms with Crippen LogP contribution in [-0.4, -0.2) is 65.5 Å². The molecule has 1 aliphatic heterocycles. The van der Waals surface area contributed by atoms with Gasteiger partial charge < -0.3 is 25.5 Å². The van der Waals surface area contributed by atoms with Gasteiger partial charge in [0, 0.05) is 53.7 Å². The van der Waals surface area contributed by atoms with Gasteiger partial charge >= 0.3 is 0 Å². The average Bonchev–Trinajstić information content (AvgIpc) is 3.68. The second-order valence-corrected chi connectivity index (χ2v) is 13.4. The highest BCUT2D eigenvalue weighted by molar-refractivity contribution is 7.89. The van der Waals surface area contributed by atoms with Crippen LogP contribution in [0.4, 0.5) is 0 Å². The lowest BCUT2D eigenvalue weighted by atomic mass is 10.1. The predicted molar refractivity (Wildman–Crippen MR) is 173 cm³/mol. The van der Waals surface area contributed by atoms with Crippen molar-refractivity contribution in [1.82, 2.24) is 24.3 Å². The summed E-state index contributed by atoms with van der Waals surface area (Å²) in [5.74, 6) is -0.886. The molecule has 5 rings (SSSR count). The first-order chi connectivity index (χ1) is 22.0. The van der Waals surface area contributed by atoms with Crippen LogP contribution in [0.25, 0.3) is 5.65 Å². The fraction of sp³-hybridized carbons (Fsp3) is 0.290. The van der Waals surface area contributed by atoms with Gasteiger partial charge in [0.2, 0.25) is 21.8 Å². The first-order valence-corrected chi connectivity index (χ1v) is 16.7. The van der Waals surface area contributed by atoms with E-state index in [9.17, 15) is 22.8 Å². The molecule has 12 nitrogen and oxygen atoms in total. The summed E-state index contributed by atoms with van der Waals surface area (Å²) < 4.78 is 36.6. The quantitative estimate of drug-likeness (QED) is 0.191. The minimum atomic E-state index is -4.18. The highest BCUT2D eigenvalue weighted by atomic mass is 35.5. The molecule has 2 aromatic carbocycles. The third-order valence-electron chi connectivity index (χ3n) is 7.55. The van der Waals surface area contributed by atoms with E-state index < -0.39 is 27.9 Å². The number of fused-ring (bicyclic) bond motifs is 1. The summed E-state index contributed by atoms with van der Waals surface area (Å²) in [7, 11) is -4.18. The summed E-state index contributed by atoms with van der Waals surface area (Å²) in [5.41, 5.74) is 7.58. The maximum atomic E-state index is 13.8. The molecular formula is C31H32Cl2N6O6S. The number of halogens is 2. The second-order valence-electron chi connectivity index (χ2n) is 10.7. The molecule has 4 N–H and O–H groups in total. The van der Waals surface area contributed by atoms with E-state index in [0.717, 1.165) is 10.00 Å². The number of aromatic nitrogens is 2. The van der Waals surface area contributed by atoms with Crippen LogP contribution in [0.5, 0.6) is 5.75 Å². The van der Waals surface area contributed by atoms with E-state index in [4.69, 9.17) is 33.7 Å². The minimum Gasteiger partial charge on any atom is -0.485 e. The maximum absolute atomic E-state index is 13.8. The summed E-state index contributed by atoms with van der Waals surface area (Å²) in [6.07, 6.45) is 4.95. The molecule has 1 atom stereocenters. The zero-order valence-corrected chi connectivity index (χ0v) is 27.2. The number of amides is 3. The van der Waals surface area contributed by atoms with Crippen LogP contribution in [0.2, 0.25) is 10.0 Å². The van der Waals surface area contributed by atoms with Crippen molar-refractivity contribution in [2.75, 3.05) is 19.6 Å². The molecular weight excluding hydrogens is 655 g/mol. The maximum Gasteiger partial charge on any atom is 0.251 e. The van der Waals surface area contributed by atoms with E-state index in [0.29, 0.717) is 47.3 Å². The van der Waals surface area contributed by atoms with Gasteiger partial charge in [0.15, 0.2) is 11.4 Å². The van der Waals surface area contributed by atoms with Crippen molar-refractivity contribution in [3.63, 3.8) is 0 Å². The lowest BCUT2D eigenvalue weighted by Gasteiger charge is -2.24. The van der Waals surface area contributed by atoms with E-state index >= 15 is 0 Å². The second kappa shape index (κ2) is 14.1. The number of pyridine rings is 1. The van der Waals surface area contributed by atoms with Crippen LogP contribution in [0.15, 0.2) is 65.8 Å². The van der Waals surface area contributed by atoms with Crippen molar-refractivity contribution in [3.8, 4) is 5.75 Å². The summed E-state index contributed by atoms with van der Waals surface area (Å²) in [5, 5.41) is 5.67.